The molecule has 0 fully saturated rings. The Hall–Kier alpha value is -1.29. The normalized spacial score (nSPS) is 12.5. The van der Waals surface area contributed by atoms with Gasteiger partial charge in [0.2, 0.25) is 0 Å². The van der Waals surface area contributed by atoms with E-state index in [0.717, 1.165) is 5.56 Å². The van der Waals surface area contributed by atoms with Gasteiger partial charge in [0.05, 0.1) is 0 Å². The number of benzene rings is 2. The molecular formula is C15H12BrF3. The first-order valence-electron chi connectivity index (χ1n) is 5.82. The van der Waals surface area contributed by atoms with Crippen LogP contribution < -0.4 is 0 Å². The van der Waals surface area contributed by atoms with Gasteiger partial charge < -0.3 is 0 Å². The molecule has 0 N–H and O–H groups in total. The van der Waals surface area contributed by atoms with Crippen LogP contribution in [0.25, 0.3) is 0 Å². The summed E-state index contributed by atoms with van der Waals surface area (Å²) in [6, 6.07) is 8.54. The van der Waals surface area contributed by atoms with E-state index < -0.39 is 16.5 Å². The van der Waals surface area contributed by atoms with Crippen LogP contribution in [0.2, 0.25) is 0 Å². The molecule has 0 bridgehead atoms. The van der Waals surface area contributed by atoms with Crippen molar-refractivity contribution in [1.82, 2.24) is 0 Å². The standard InChI is InChI=1S/C15H12BrF3/c1-9-2-7-13(18)14(15(9)19)12(16)8-10-3-5-11(17)6-4-10/h2-7,12H,8H2,1H3. The molecule has 0 radical (unpaired) electrons. The van der Waals surface area contributed by atoms with Gasteiger partial charge >= 0.3 is 0 Å². The zero-order chi connectivity index (χ0) is 14.0. The Morgan fingerprint density at radius 3 is 2.26 bits per heavy atom. The summed E-state index contributed by atoms with van der Waals surface area (Å²) in [5.74, 6) is -1.45. The molecule has 1 atom stereocenters. The molecule has 0 aromatic heterocycles. The minimum atomic E-state index is -0.577. The van der Waals surface area contributed by atoms with E-state index in [1.165, 1.54) is 24.3 Å². The molecule has 2 rings (SSSR count). The maximum atomic E-state index is 13.9. The second-order valence-corrected chi connectivity index (χ2v) is 5.50. The average Bonchev–Trinajstić information content (AvgIpc) is 2.37. The largest absolute Gasteiger partial charge is 0.207 e. The van der Waals surface area contributed by atoms with E-state index >= 15 is 0 Å². The SMILES string of the molecule is Cc1ccc(F)c(C(Br)Cc2ccc(F)cc2)c1F. The molecule has 1 unspecified atom stereocenters. The zero-order valence-corrected chi connectivity index (χ0v) is 11.8. The van der Waals surface area contributed by atoms with E-state index in [1.54, 1.807) is 19.1 Å². The van der Waals surface area contributed by atoms with Crippen LogP contribution in [0.15, 0.2) is 36.4 Å². The Morgan fingerprint density at radius 1 is 1.00 bits per heavy atom. The number of alkyl halides is 1. The first-order chi connectivity index (χ1) is 8.99. The maximum absolute atomic E-state index is 13.9. The molecule has 0 saturated carbocycles. The van der Waals surface area contributed by atoms with Gasteiger partial charge in [-0.2, -0.15) is 0 Å². The fourth-order valence-corrected chi connectivity index (χ4v) is 2.69. The van der Waals surface area contributed by atoms with E-state index in [9.17, 15) is 13.2 Å². The van der Waals surface area contributed by atoms with Crippen molar-refractivity contribution in [2.75, 3.05) is 0 Å². The van der Waals surface area contributed by atoms with Crippen LogP contribution in [-0.2, 0) is 6.42 Å². The minimum absolute atomic E-state index is 0.0179. The van der Waals surface area contributed by atoms with Crippen molar-refractivity contribution < 1.29 is 13.2 Å². The number of halogens is 4. The Kier molecular flexibility index (Phi) is 4.30. The number of hydrogen-bond donors (Lipinski definition) is 0. The van der Waals surface area contributed by atoms with Crippen LogP contribution in [0.4, 0.5) is 13.2 Å². The average molecular weight is 329 g/mol. The maximum Gasteiger partial charge on any atom is 0.133 e. The molecule has 2 aromatic carbocycles. The molecule has 0 aliphatic heterocycles. The second kappa shape index (κ2) is 5.78. The van der Waals surface area contributed by atoms with Gasteiger partial charge in [-0.1, -0.05) is 34.1 Å². The van der Waals surface area contributed by atoms with Crippen molar-refractivity contribution in [3.05, 3.63) is 70.5 Å². The Morgan fingerprint density at radius 2 is 1.63 bits per heavy atom. The lowest BCUT2D eigenvalue weighted by Gasteiger charge is -2.14. The highest BCUT2D eigenvalue weighted by Crippen LogP contribution is 2.32. The Labute approximate surface area is 118 Å². The van der Waals surface area contributed by atoms with Crippen molar-refractivity contribution in [1.29, 1.82) is 0 Å². The molecule has 100 valence electrons. The Balaban J connectivity index is 2.27. The molecule has 0 heterocycles. The lowest BCUT2D eigenvalue weighted by atomic mass is 10.0. The van der Waals surface area contributed by atoms with Crippen molar-refractivity contribution in [2.45, 2.75) is 18.2 Å². The second-order valence-electron chi connectivity index (χ2n) is 4.39. The summed E-state index contributed by atoms with van der Waals surface area (Å²) in [7, 11) is 0. The van der Waals surface area contributed by atoms with E-state index in [-0.39, 0.29) is 11.4 Å². The summed E-state index contributed by atoms with van der Waals surface area (Å²) in [6.07, 6.45) is 0.386. The highest BCUT2D eigenvalue weighted by atomic mass is 79.9. The van der Waals surface area contributed by atoms with Gasteiger partial charge in [0.25, 0.3) is 0 Å². The van der Waals surface area contributed by atoms with Gasteiger partial charge in [0.1, 0.15) is 17.5 Å². The van der Waals surface area contributed by atoms with Crippen LogP contribution in [0, 0.1) is 24.4 Å². The van der Waals surface area contributed by atoms with Gasteiger partial charge in [-0.3, -0.25) is 0 Å². The van der Waals surface area contributed by atoms with Crippen molar-refractivity contribution in [2.24, 2.45) is 0 Å². The molecule has 0 spiro atoms. The Bertz CT molecular complexity index is 579. The molecule has 19 heavy (non-hydrogen) atoms. The summed E-state index contributed by atoms with van der Waals surface area (Å²) in [4.78, 5) is -0.488. The van der Waals surface area contributed by atoms with Crippen LogP contribution >= 0.6 is 15.9 Å². The van der Waals surface area contributed by atoms with Gasteiger partial charge in [-0.25, -0.2) is 13.2 Å². The highest BCUT2D eigenvalue weighted by molar-refractivity contribution is 9.09. The lowest BCUT2D eigenvalue weighted by molar-refractivity contribution is 0.548. The van der Waals surface area contributed by atoms with Crippen LogP contribution in [0.3, 0.4) is 0 Å². The minimum Gasteiger partial charge on any atom is -0.207 e. The molecule has 0 saturated heterocycles. The van der Waals surface area contributed by atoms with Crippen molar-refractivity contribution >= 4 is 15.9 Å². The molecule has 0 amide bonds. The topological polar surface area (TPSA) is 0 Å². The molecule has 4 heteroatoms. The van der Waals surface area contributed by atoms with E-state index in [2.05, 4.69) is 15.9 Å². The van der Waals surface area contributed by atoms with Crippen LogP contribution in [0.1, 0.15) is 21.5 Å². The number of rotatable bonds is 3. The molecule has 0 nitrogen and oxygen atoms in total. The summed E-state index contributed by atoms with van der Waals surface area (Å²) < 4.78 is 40.5. The summed E-state index contributed by atoms with van der Waals surface area (Å²) in [5.41, 5.74) is 1.23. The highest BCUT2D eigenvalue weighted by Gasteiger charge is 2.19. The predicted octanol–water partition coefficient (Wildman–Crippen LogP) is 5.09. The van der Waals surface area contributed by atoms with Crippen LogP contribution in [0.5, 0.6) is 0 Å². The lowest BCUT2D eigenvalue weighted by Crippen LogP contribution is -2.04. The van der Waals surface area contributed by atoms with E-state index in [4.69, 9.17) is 0 Å². The van der Waals surface area contributed by atoms with Gasteiger partial charge in [0, 0.05) is 10.4 Å². The summed E-state index contributed by atoms with van der Waals surface area (Å²) in [5, 5.41) is 0. The first kappa shape index (κ1) is 14.1. The number of hydrogen-bond acceptors (Lipinski definition) is 0. The van der Waals surface area contributed by atoms with Gasteiger partial charge in [-0.15, -0.1) is 0 Å². The predicted molar refractivity (Wildman–Crippen MR) is 72.9 cm³/mol. The quantitative estimate of drug-likeness (QED) is 0.688. The third-order valence-corrected chi connectivity index (χ3v) is 3.74. The summed E-state index contributed by atoms with van der Waals surface area (Å²) >= 11 is 3.30. The van der Waals surface area contributed by atoms with Gasteiger partial charge in [-0.05, 0) is 42.7 Å². The van der Waals surface area contributed by atoms with E-state index in [1.807, 2.05) is 0 Å². The fraction of sp³-hybridized carbons (Fsp3) is 0.200. The fourth-order valence-electron chi connectivity index (χ4n) is 1.89. The monoisotopic (exact) mass is 328 g/mol. The smallest absolute Gasteiger partial charge is 0.133 e. The molecule has 2 aromatic rings. The molecule has 0 aliphatic rings. The third kappa shape index (κ3) is 3.18. The first-order valence-corrected chi connectivity index (χ1v) is 6.73. The van der Waals surface area contributed by atoms with Crippen molar-refractivity contribution in [3.63, 3.8) is 0 Å². The van der Waals surface area contributed by atoms with Crippen LogP contribution in [-0.4, -0.2) is 0 Å². The number of aryl methyl sites for hydroxylation is 1. The molecular weight excluding hydrogens is 317 g/mol. The van der Waals surface area contributed by atoms with E-state index in [0.29, 0.717) is 12.0 Å². The zero-order valence-electron chi connectivity index (χ0n) is 10.3. The molecule has 0 aliphatic carbocycles. The summed E-state index contributed by atoms with van der Waals surface area (Å²) in [6.45, 7) is 1.59. The van der Waals surface area contributed by atoms with Crippen molar-refractivity contribution in [3.8, 4) is 0 Å². The third-order valence-electron chi connectivity index (χ3n) is 2.96. The van der Waals surface area contributed by atoms with Gasteiger partial charge in [0.15, 0.2) is 0 Å².